The molecule has 0 heterocycles. The fraction of sp³-hybridized carbons (Fsp3) is 0.250. The first-order valence-corrected chi connectivity index (χ1v) is 6.49. The molecule has 0 radical (unpaired) electrons. The fourth-order valence-electron chi connectivity index (χ4n) is 1.80. The van der Waals surface area contributed by atoms with E-state index in [9.17, 15) is 0 Å². The van der Waals surface area contributed by atoms with Crippen molar-refractivity contribution in [3.8, 4) is 11.5 Å². The molecule has 3 heteroatoms. The standard InChI is InChI=1S/C16H19NO2/c1-2-17-11-14-5-3-4-6-16(14)19-15-9-7-13(12-18)8-10-15/h3-10,17-18H,2,11-12H2,1H3. The van der Waals surface area contributed by atoms with Crippen molar-refractivity contribution in [2.24, 2.45) is 0 Å². The molecule has 19 heavy (non-hydrogen) atoms. The summed E-state index contributed by atoms with van der Waals surface area (Å²) >= 11 is 0. The summed E-state index contributed by atoms with van der Waals surface area (Å²) in [5.41, 5.74) is 2.02. The van der Waals surface area contributed by atoms with Crippen molar-refractivity contribution in [1.29, 1.82) is 0 Å². The average Bonchev–Trinajstić information content (AvgIpc) is 2.47. The molecule has 3 nitrogen and oxygen atoms in total. The van der Waals surface area contributed by atoms with Crippen molar-refractivity contribution in [3.05, 3.63) is 59.7 Å². The van der Waals surface area contributed by atoms with Crippen LogP contribution in [0.5, 0.6) is 11.5 Å². The number of aliphatic hydroxyl groups is 1. The van der Waals surface area contributed by atoms with Crippen LogP contribution in [0.15, 0.2) is 48.5 Å². The first kappa shape index (κ1) is 13.6. The summed E-state index contributed by atoms with van der Waals surface area (Å²) in [6.45, 7) is 3.86. The molecule has 0 spiro atoms. The van der Waals surface area contributed by atoms with Crippen molar-refractivity contribution >= 4 is 0 Å². The molecule has 0 bridgehead atoms. The molecule has 2 N–H and O–H groups in total. The number of benzene rings is 2. The van der Waals surface area contributed by atoms with Gasteiger partial charge in [-0.2, -0.15) is 0 Å². The highest BCUT2D eigenvalue weighted by Gasteiger charge is 2.03. The Bertz CT molecular complexity index is 508. The Morgan fingerprint density at radius 3 is 2.47 bits per heavy atom. The lowest BCUT2D eigenvalue weighted by Gasteiger charge is -2.11. The van der Waals surface area contributed by atoms with Crippen molar-refractivity contribution in [2.45, 2.75) is 20.1 Å². The monoisotopic (exact) mass is 257 g/mol. The molecule has 2 aromatic carbocycles. The molecule has 0 atom stereocenters. The summed E-state index contributed by atoms with van der Waals surface area (Å²) in [4.78, 5) is 0. The average molecular weight is 257 g/mol. The number of nitrogens with one attached hydrogen (secondary N) is 1. The number of hydrogen-bond donors (Lipinski definition) is 2. The molecule has 0 amide bonds. The Balaban J connectivity index is 2.12. The van der Waals surface area contributed by atoms with Gasteiger partial charge in [-0.1, -0.05) is 37.3 Å². The minimum absolute atomic E-state index is 0.0529. The maximum absolute atomic E-state index is 9.01. The van der Waals surface area contributed by atoms with Crippen LogP contribution in [-0.2, 0) is 13.2 Å². The second kappa shape index (κ2) is 6.92. The molecular formula is C16H19NO2. The van der Waals surface area contributed by atoms with E-state index in [1.807, 2.05) is 42.5 Å². The summed E-state index contributed by atoms with van der Waals surface area (Å²) in [7, 11) is 0. The van der Waals surface area contributed by atoms with E-state index < -0.39 is 0 Å². The number of hydrogen-bond acceptors (Lipinski definition) is 3. The molecule has 0 saturated heterocycles. The Kier molecular flexibility index (Phi) is 4.95. The summed E-state index contributed by atoms with van der Waals surface area (Å²) in [6.07, 6.45) is 0. The van der Waals surface area contributed by atoms with Gasteiger partial charge in [-0.15, -0.1) is 0 Å². The van der Waals surface area contributed by atoms with Crippen molar-refractivity contribution < 1.29 is 9.84 Å². The van der Waals surface area contributed by atoms with E-state index in [1.54, 1.807) is 0 Å². The van der Waals surface area contributed by atoms with Gasteiger partial charge in [-0.05, 0) is 30.3 Å². The van der Waals surface area contributed by atoms with Gasteiger partial charge in [-0.25, -0.2) is 0 Å². The zero-order chi connectivity index (χ0) is 13.5. The minimum Gasteiger partial charge on any atom is -0.457 e. The predicted octanol–water partition coefficient (Wildman–Crippen LogP) is 3.08. The van der Waals surface area contributed by atoms with Gasteiger partial charge in [0.05, 0.1) is 6.61 Å². The van der Waals surface area contributed by atoms with Gasteiger partial charge in [0.25, 0.3) is 0 Å². The number of aliphatic hydroxyl groups excluding tert-OH is 1. The van der Waals surface area contributed by atoms with Gasteiger partial charge in [-0.3, -0.25) is 0 Å². The van der Waals surface area contributed by atoms with Gasteiger partial charge in [0.1, 0.15) is 11.5 Å². The zero-order valence-electron chi connectivity index (χ0n) is 11.1. The lowest BCUT2D eigenvalue weighted by atomic mass is 10.2. The highest BCUT2D eigenvalue weighted by molar-refractivity contribution is 5.38. The third-order valence-corrected chi connectivity index (χ3v) is 2.87. The van der Waals surface area contributed by atoms with Crippen LogP contribution in [0.3, 0.4) is 0 Å². The van der Waals surface area contributed by atoms with Crippen molar-refractivity contribution in [3.63, 3.8) is 0 Å². The topological polar surface area (TPSA) is 41.5 Å². The molecule has 0 aliphatic heterocycles. The Labute approximate surface area is 113 Å². The van der Waals surface area contributed by atoms with Gasteiger partial charge in [0, 0.05) is 12.1 Å². The maximum atomic E-state index is 9.01. The van der Waals surface area contributed by atoms with Crippen LogP contribution in [0.2, 0.25) is 0 Å². The SMILES string of the molecule is CCNCc1ccccc1Oc1ccc(CO)cc1. The van der Waals surface area contributed by atoms with E-state index in [0.717, 1.165) is 35.7 Å². The number of rotatable bonds is 6. The molecule has 0 fully saturated rings. The second-order valence-electron chi connectivity index (χ2n) is 4.29. The van der Waals surface area contributed by atoms with Crippen LogP contribution in [0.25, 0.3) is 0 Å². The van der Waals surface area contributed by atoms with E-state index >= 15 is 0 Å². The molecule has 0 aromatic heterocycles. The fourth-order valence-corrected chi connectivity index (χ4v) is 1.80. The van der Waals surface area contributed by atoms with Gasteiger partial charge >= 0.3 is 0 Å². The highest BCUT2D eigenvalue weighted by Crippen LogP contribution is 2.25. The van der Waals surface area contributed by atoms with Crippen LogP contribution < -0.4 is 10.1 Å². The molecule has 0 aliphatic carbocycles. The number of para-hydroxylation sites is 1. The predicted molar refractivity (Wildman–Crippen MR) is 76.3 cm³/mol. The van der Waals surface area contributed by atoms with Crippen molar-refractivity contribution in [2.75, 3.05) is 6.54 Å². The number of ether oxygens (including phenoxy) is 1. The van der Waals surface area contributed by atoms with Gasteiger partial charge in [0.2, 0.25) is 0 Å². The van der Waals surface area contributed by atoms with Crippen LogP contribution in [-0.4, -0.2) is 11.7 Å². The second-order valence-corrected chi connectivity index (χ2v) is 4.29. The molecular weight excluding hydrogens is 238 g/mol. The minimum atomic E-state index is 0.0529. The summed E-state index contributed by atoms with van der Waals surface area (Å²) < 4.78 is 5.88. The Morgan fingerprint density at radius 1 is 1.05 bits per heavy atom. The van der Waals surface area contributed by atoms with Crippen LogP contribution in [0.1, 0.15) is 18.1 Å². The third kappa shape index (κ3) is 3.81. The highest BCUT2D eigenvalue weighted by atomic mass is 16.5. The Hall–Kier alpha value is -1.84. The van der Waals surface area contributed by atoms with E-state index in [1.165, 1.54) is 0 Å². The molecule has 2 rings (SSSR count). The zero-order valence-corrected chi connectivity index (χ0v) is 11.1. The first-order valence-electron chi connectivity index (χ1n) is 6.49. The third-order valence-electron chi connectivity index (χ3n) is 2.87. The normalized spacial score (nSPS) is 10.4. The summed E-state index contributed by atoms with van der Waals surface area (Å²) in [5, 5.41) is 12.3. The summed E-state index contributed by atoms with van der Waals surface area (Å²) in [5.74, 6) is 1.64. The van der Waals surface area contributed by atoms with Crippen LogP contribution in [0, 0.1) is 0 Å². The maximum Gasteiger partial charge on any atom is 0.131 e. The van der Waals surface area contributed by atoms with Gasteiger partial charge in [0.15, 0.2) is 0 Å². The quantitative estimate of drug-likeness (QED) is 0.835. The van der Waals surface area contributed by atoms with E-state index in [2.05, 4.69) is 18.3 Å². The Morgan fingerprint density at radius 2 is 1.79 bits per heavy atom. The molecule has 0 aliphatic rings. The lowest BCUT2D eigenvalue weighted by molar-refractivity contribution is 0.281. The molecule has 2 aromatic rings. The van der Waals surface area contributed by atoms with Crippen LogP contribution in [0.4, 0.5) is 0 Å². The largest absolute Gasteiger partial charge is 0.457 e. The first-order chi connectivity index (χ1) is 9.33. The lowest BCUT2D eigenvalue weighted by Crippen LogP contribution is -2.12. The molecule has 0 unspecified atom stereocenters. The van der Waals surface area contributed by atoms with E-state index in [0.29, 0.717) is 0 Å². The molecule has 100 valence electrons. The summed E-state index contributed by atoms with van der Waals surface area (Å²) in [6, 6.07) is 15.5. The van der Waals surface area contributed by atoms with Crippen LogP contribution >= 0.6 is 0 Å². The van der Waals surface area contributed by atoms with E-state index in [-0.39, 0.29) is 6.61 Å². The molecule has 0 saturated carbocycles. The smallest absolute Gasteiger partial charge is 0.131 e. The van der Waals surface area contributed by atoms with Crippen molar-refractivity contribution in [1.82, 2.24) is 5.32 Å². The van der Waals surface area contributed by atoms with Gasteiger partial charge < -0.3 is 15.2 Å². The van der Waals surface area contributed by atoms with E-state index in [4.69, 9.17) is 9.84 Å².